The summed E-state index contributed by atoms with van der Waals surface area (Å²) in [6.07, 6.45) is 0.734. The quantitative estimate of drug-likeness (QED) is 0.212. The maximum absolute atomic E-state index is 14.0. The highest BCUT2D eigenvalue weighted by atomic mass is 32.2. The van der Waals surface area contributed by atoms with Gasteiger partial charge < -0.3 is 9.64 Å². The zero-order chi connectivity index (χ0) is 27.4. The summed E-state index contributed by atoms with van der Waals surface area (Å²) in [7, 11) is -2.80. The number of sulfonamides is 1. The number of ether oxygens (including phenoxy) is 1. The number of halogens is 1. The number of nitro groups is 1. The lowest BCUT2D eigenvalue weighted by atomic mass is 9.88. The van der Waals surface area contributed by atoms with Crippen molar-refractivity contribution in [3.05, 3.63) is 88.2 Å². The molecule has 3 aromatic rings. The Kier molecular flexibility index (Phi) is 7.96. The molecule has 11 heteroatoms. The smallest absolute Gasteiger partial charge is 0.293 e. The Labute approximate surface area is 220 Å². The normalized spacial score (nSPS) is 14.2. The highest BCUT2D eigenvalue weighted by molar-refractivity contribution is 7.93. The monoisotopic (exact) mass is 541 g/mol. The van der Waals surface area contributed by atoms with Crippen LogP contribution in [0.25, 0.3) is 0 Å². The van der Waals surface area contributed by atoms with Crippen molar-refractivity contribution in [2.75, 3.05) is 35.9 Å². The first-order valence-corrected chi connectivity index (χ1v) is 13.6. The topological polar surface area (TPSA) is 110 Å². The number of Topliss-reactive ketones (excluding diaryl/α,β-unsaturated/α-hetero) is 1. The zero-order valence-corrected chi connectivity index (χ0v) is 21.9. The molecular formula is C27H28FN3O6S. The van der Waals surface area contributed by atoms with E-state index in [1.165, 1.54) is 53.9 Å². The van der Waals surface area contributed by atoms with E-state index in [0.717, 1.165) is 0 Å². The number of nitrogens with zero attached hydrogens (tertiary/aromatic N) is 3. The minimum absolute atomic E-state index is 0.00136. The molecule has 0 saturated carbocycles. The van der Waals surface area contributed by atoms with Gasteiger partial charge in [0.05, 0.1) is 17.7 Å². The van der Waals surface area contributed by atoms with Crippen LogP contribution in [0.4, 0.5) is 21.5 Å². The van der Waals surface area contributed by atoms with Gasteiger partial charge in [0.2, 0.25) is 0 Å². The summed E-state index contributed by atoms with van der Waals surface area (Å²) < 4.78 is 47.8. The van der Waals surface area contributed by atoms with Crippen LogP contribution in [0.3, 0.4) is 0 Å². The van der Waals surface area contributed by atoms with E-state index in [1.54, 1.807) is 36.1 Å². The van der Waals surface area contributed by atoms with Crippen molar-refractivity contribution in [3.8, 4) is 5.75 Å². The van der Waals surface area contributed by atoms with E-state index in [9.17, 15) is 27.7 Å². The van der Waals surface area contributed by atoms with Gasteiger partial charge in [0.1, 0.15) is 22.1 Å². The third-order valence-corrected chi connectivity index (χ3v) is 8.61. The molecule has 200 valence electrons. The summed E-state index contributed by atoms with van der Waals surface area (Å²) in [5.41, 5.74) is 0.386. The van der Waals surface area contributed by atoms with Gasteiger partial charge in [0.15, 0.2) is 5.78 Å². The number of ketones is 1. The van der Waals surface area contributed by atoms with Crippen LogP contribution in [0.1, 0.15) is 30.1 Å². The van der Waals surface area contributed by atoms with Gasteiger partial charge in [-0.05, 0) is 62.2 Å². The summed E-state index contributed by atoms with van der Waals surface area (Å²) in [6.45, 7) is 2.23. The van der Waals surface area contributed by atoms with Crippen LogP contribution in [-0.4, -0.2) is 45.9 Å². The molecule has 38 heavy (non-hydrogen) atoms. The van der Waals surface area contributed by atoms with E-state index in [4.69, 9.17) is 4.74 Å². The second-order valence-electron chi connectivity index (χ2n) is 8.86. The van der Waals surface area contributed by atoms with E-state index < -0.39 is 20.8 Å². The van der Waals surface area contributed by atoms with Gasteiger partial charge in [-0.15, -0.1) is 0 Å². The third-order valence-electron chi connectivity index (χ3n) is 6.69. The largest absolute Gasteiger partial charge is 0.495 e. The molecule has 0 N–H and O–H groups in total. The van der Waals surface area contributed by atoms with E-state index >= 15 is 0 Å². The van der Waals surface area contributed by atoms with E-state index in [2.05, 4.69) is 0 Å². The molecule has 0 spiro atoms. The van der Waals surface area contributed by atoms with Crippen molar-refractivity contribution in [2.24, 2.45) is 5.92 Å². The van der Waals surface area contributed by atoms with Crippen molar-refractivity contribution in [1.29, 1.82) is 0 Å². The van der Waals surface area contributed by atoms with Gasteiger partial charge in [-0.1, -0.05) is 18.2 Å². The summed E-state index contributed by atoms with van der Waals surface area (Å²) >= 11 is 0. The number of rotatable bonds is 9. The van der Waals surface area contributed by atoms with Crippen LogP contribution in [0.5, 0.6) is 5.75 Å². The number of hydrogen-bond acceptors (Lipinski definition) is 7. The zero-order valence-electron chi connectivity index (χ0n) is 21.0. The first kappa shape index (κ1) is 27.1. The first-order chi connectivity index (χ1) is 18.2. The van der Waals surface area contributed by atoms with Gasteiger partial charge in [0, 0.05) is 37.2 Å². The number of piperidine rings is 1. The fourth-order valence-corrected chi connectivity index (χ4v) is 6.54. The van der Waals surface area contributed by atoms with Crippen LogP contribution < -0.4 is 13.9 Å². The molecule has 0 aliphatic carbocycles. The Morgan fingerprint density at radius 1 is 1.08 bits per heavy atom. The molecule has 3 aromatic carbocycles. The molecule has 9 nitrogen and oxygen atoms in total. The van der Waals surface area contributed by atoms with Crippen molar-refractivity contribution >= 4 is 32.9 Å². The van der Waals surface area contributed by atoms with Crippen molar-refractivity contribution in [3.63, 3.8) is 0 Å². The second kappa shape index (κ2) is 11.2. The first-order valence-electron chi connectivity index (χ1n) is 12.2. The Morgan fingerprint density at radius 2 is 1.74 bits per heavy atom. The third kappa shape index (κ3) is 5.19. The fourth-order valence-electron chi connectivity index (χ4n) is 4.82. The number of nitro benzene ring substituents is 1. The van der Waals surface area contributed by atoms with Crippen molar-refractivity contribution in [1.82, 2.24) is 0 Å². The molecule has 1 fully saturated rings. The molecule has 1 aliphatic rings. The van der Waals surface area contributed by atoms with E-state index in [-0.39, 0.29) is 47.6 Å². The molecular weight excluding hydrogens is 513 g/mol. The lowest BCUT2D eigenvalue weighted by molar-refractivity contribution is -0.384. The average molecular weight is 542 g/mol. The van der Waals surface area contributed by atoms with Crippen LogP contribution in [0.15, 0.2) is 71.6 Å². The number of carbonyl (C=O) groups is 1. The van der Waals surface area contributed by atoms with Crippen LogP contribution >= 0.6 is 0 Å². The number of para-hydroxylation sites is 3. The van der Waals surface area contributed by atoms with E-state index in [1.807, 2.05) is 0 Å². The van der Waals surface area contributed by atoms with Gasteiger partial charge in [-0.3, -0.25) is 19.2 Å². The summed E-state index contributed by atoms with van der Waals surface area (Å²) in [6, 6.07) is 16.0. The number of carbonyl (C=O) groups excluding carboxylic acids is 1. The van der Waals surface area contributed by atoms with Gasteiger partial charge in [-0.25, -0.2) is 12.8 Å². The predicted octanol–water partition coefficient (Wildman–Crippen LogP) is 5.06. The van der Waals surface area contributed by atoms with Crippen LogP contribution in [0.2, 0.25) is 0 Å². The minimum Gasteiger partial charge on any atom is -0.495 e. The Balaban J connectivity index is 1.69. The molecule has 0 amide bonds. The second-order valence-corrected chi connectivity index (χ2v) is 10.7. The molecule has 0 bridgehead atoms. The van der Waals surface area contributed by atoms with Crippen molar-refractivity contribution in [2.45, 2.75) is 24.7 Å². The number of benzene rings is 3. The molecule has 1 saturated heterocycles. The molecule has 1 aliphatic heterocycles. The molecule has 1 heterocycles. The van der Waals surface area contributed by atoms with Crippen LogP contribution in [-0.2, 0) is 10.0 Å². The molecule has 0 radical (unpaired) electrons. The SMILES string of the molecule is CCN(c1ccccc1OC)S(=O)(=O)c1cccc([N+](=O)[O-])c1N1CCC(C(=O)c2ccc(F)cc2)CC1. The summed E-state index contributed by atoms with van der Waals surface area (Å²) in [5, 5.41) is 12.0. The highest BCUT2D eigenvalue weighted by Gasteiger charge is 2.36. The van der Waals surface area contributed by atoms with Gasteiger partial charge in [-0.2, -0.15) is 0 Å². The van der Waals surface area contributed by atoms with Gasteiger partial charge in [0.25, 0.3) is 15.7 Å². The standard InChI is InChI=1S/C27H28FN3O6S/c1-3-30(22-7-4-5-9-24(22)37-2)38(35,36)25-10-6-8-23(31(33)34)26(25)29-17-15-20(16-18-29)27(32)19-11-13-21(28)14-12-19/h4-14,20H,3,15-18H2,1-2H3. The average Bonchev–Trinajstić information content (AvgIpc) is 2.93. The van der Waals surface area contributed by atoms with Gasteiger partial charge >= 0.3 is 0 Å². The maximum Gasteiger partial charge on any atom is 0.293 e. The minimum atomic E-state index is -4.24. The summed E-state index contributed by atoms with van der Waals surface area (Å²) in [4.78, 5) is 25.8. The number of hydrogen-bond donors (Lipinski definition) is 0. The number of anilines is 2. The molecule has 0 unspecified atom stereocenters. The highest BCUT2D eigenvalue weighted by Crippen LogP contribution is 2.41. The van der Waals surface area contributed by atoms with Crippen molar-refractivity contribution < 1.29 is 27.3 Å². The van der Waals surface area contributed by atoms with E-state index in [0.29, 0.717) is 29.8 Å². The maximum atomic E-state index is 14.0. The Morgan fingerprint density at radius 3 is 2.34 bits per heavy atom. The number of methoxy groups -OCH3 is 1. The van der Waals surface area contributed by atoms with Crippen LogP contribution in [0, 0.1) is 21.8 Å². The Bertz CT molecular complexity index is 1440. The molecule has 0 atom stereocenters. The summed E-state index contributed by atoms with van der Waals surface area (Å²) in [5.74, 6) is -0.575. The lowest BCUT2D eigenvalue weighted by Gasteiger charge is -2.34. The molecule has 0 aromatic heterocycles. The predicted molar refractivity (Wildman–Crippen MR) is 142 cm³/mol. The Hall–Kier alpha value is -3.99. The molecule has 4 rings (SSSR count). The lowest BCUT2D eigenvalue weighted by Crippen LogP contribution is -2.39. The fraction of sp³-hybridized carbons (Fsp3) is 0.296.